The van der Waals surface area contributed by atoms with E-state index in [9.17, 15) is 13.9 Å². The molecule has 0 bridgehead atoms. The lowest BCUT2D eigenvalue weighted by Crippen LogP contribution is -2.43. The molecule has 2 N–H and O–H groups in total. The Hall–Kier alpha value is -1.20. The first-order chi connectivity index (χ1) is 8.46. The third kappa shape index (κ3) is 3.92. The first kappa shape index (κ1) is 13.2. The van der Waals surface area contributed by atoms with E-state index in [1.165, 1.54) is 6.07 Å². The fourth-order valence-corrected chi connectivity index (χ4v) is 1.53. The summed E-state index contributed by atoms with van der Waals surface area (Å²) in [6, 6.07) is 3.58. The minimum absolute atomic E-state index is 0.0464. The molecule has 1 atom stereocenters. The maximum absolute atomic E-state index is 13.3. The summed E-state index contributed by atoms with van der Waals surface area (Å²) in [5.41, 5.74) is -1.08. The fourth-order valence-electron chi connectivity index (χ4n) is 1.53. The Morgan fingerprint density at radius 1 is 1.44 bits per heavy atom. The van der Waals surface area contributed by atoms with Gasteiger partial charge in [0.15, 0.2) is 11.6 Å². The van der Waals surface area contributed by atoms with Gasteiger partial charge >= 0.3 is 0 Å². The Balaban J connectivity index is 1.84. The topological polar surface area (TPSA) is 41.5 Å². The summed E-state index contributed by atoms with van der Waals surface area (Å²) in [7, 11) is 0. The van der Waals surface area contributed by atoms with Crippen LogP contribution in [0.3, 0.4) is 0 Å². The molecular weight excluding hydrogens is 240 g/mol. The van der Waals surface area contributed by atoms with Crippen molar-refractivity contribution in [2.45, 2.75) is 31.4 Å². The standard InChI is InChI=1S/C13H17F2NO2/c1-13(17,7-16-10-3-4-10)8-18-12-5-2-9(14)6-11(12)15/h2,5-6,10,16-17H,3-4,7-8H2,1H3. The minimum Gasteiger partial charge on any atom is -0.487 e. The number of benzene rings is 1. The van der Waals surface area contributed by atoms with E-state index >= 15 is 0 Å². The fraction of sp³-hybridized carbons (Fsp3) is 0.538. The molecule has 1 aromatic carbocycles. The van der Waals surface area contributed by atoms with Crippen LogP contribution < -0.4 is 10.1 Å². The van der Waals surface area contributed by atoms with Crippen LogP contribution in [-0.2, 0) is 0 Å². The van der Waals surface area contributed by atoms with Crippen molar-refractivity contribution in [3.63, 3.8) is 0 Å². The highest BCUT2D eigenvalue weighted by Crippen LogP contribution is 2.21. The predicted molar refractivity (Wildman–Crippen MR) is 63.5 cm³/mol. The molecule has 0 heterocycles. The van der Waals surface area contributed by atoms with Gasteiger partial charge < -0.3 is 15.2 Å². The molecule has 1 aromatic rings. The van der Waals surface area contributed by atoms with Crippen molar-refractivity contribution >= 4 is 0 Å². The maximum Gasteiger partial charge on any atom is 0.167 e. The van der Waals surface area contributed by atoms with Crippen LogP contribution in [0.2, 0.25) is 0 Å². The third-order valence-electron chi connectivity index (χ3n) is 2.78. The van der Waals surface area contributed by atoms with Crippen LogP contribution in [0.25, 0.3) is 0 Å². The van der Waals surface area contributed by atoms with E-state index in [4.69, 9.17) is 4.74 Å². The van der Waals surface area contributed by atoms with Gasteiger partial charge in [0, 0.05) is 18.7 Å². The molecule has 2 rings (SSSR count). The van der Waals surface area contributed by atoms with Gasteiger partial charge in [0.2, 0.25) is 0 Å². The van der Waals surface area contributed by atoms with Crippen LogP contribution in [-0.4, -0.2) is 29.9 Å². The van der Waals surface area contributed by atoms with Gasteiger partial charge in [-0.05, 0) is 31.9 Å². The van der Waals surface area contributed by atoms with Gasteiger partial charge in [0.25, 0.3) is 0 Å². The SMILES string of the molecule is CC(O)(CNC1CC1)COc1ccc(F)cc1F. The molecule has 0 radical (unpaired) electrons. The molecule has 100 valence electrons. The Labute approximate surface area is 105 Å². The van der Waals surface area contributed by atoms with Crippen LogP contribution in [0.15, 0.2) is 18.2 Å². The number of halogens is 2. The molecule has 1 aliphatic rings. The number of hydrogen-bond acceptors (Lipinski definition) is 3. The van der Waals surface area contributed by atoms with Gasteiger partial charge in [0.05, 0.1) is 0 Å². The van der Waals surface area contributed by atoms with E-state index in [0.717, 1.165) is 25.0 Å². The van der Waals surface area contributed by atoms with Crippen molar-refractivity contribution < 1.29 is 18.6 Å². The van der Waals surface area contributed by atoms with Crippen LogP contribution in [0.4, 0.5) is 8.78 Å². The largest absolute Gasteiger partial charge is 0.487 e. The zero-order valence-electron chi connectivity index (χ0n) is 10.2. The highest BCUT2D eigenvalue weighted by molar-refractivity contribution is 5.24. The number of aliphatic hydroxyl groups is 1. The summed E-state index contributed by atoms with van der Waals surface area (Å²) in [5, 5.41) is 13.2. The van der Waals surface area contributed by atoms with Gasteiger partial charge in [-0.3, -0.25) is 0 Å². The van der Waals surface area contributed by atoms with E-state index in [1.54, 1.807) is 6.92 Å². The predicted octanol–water partition coefficient (Wildman–Crippen LogP) is 1.85. The maximum atomic E-state index is 13.3. The van der Waals surface area contributed by atoms with Crippen molar-refractivity contribution in [1.82, 2.24) is 5.32 Å². The molecule has 18 heavy (non-hydrogen) atoms. The number of ether oxygens (including phenoxy) is 1. The second-order valence-corrected chi connectivity index (χ2v) is 5.02. The second-order valence-electron chi connectivity index (χ2n) is 5.02. The van der Waals surface area contributed by atoms with Crippen molar-refractivity contribution in [3.05, 3.63) is 29.8 Å². The molecule has 0 aromatic heterocycles. The van der Waals surface area contributed by atoms with Crippen molar-refractivity contribution in [1.29, 1.82) is 0 Å². The molecule has 1 fully saturated rings. The van der Waals surface area contributed by atoms with Gasteiger partial charge in [0.1, 0.15) is 18.0 Å². The minimum atomic E-state index is -1.08. The van der Waals surface area contributed by atoms with E-state index in [-0.39, 0.29) is 12.4 Å². The molecule has 0 saturated heterocycles. The second kappa shape index (κ2) is 5.20. The van der Waals surface area contributed by atoms with Gasteiger partial charge in [-0.2, -0.15) is 0 Å². The first-order valence-corrected chi connectivity index (χ1v) is 6.00. The zero-order valence-corrected chi connectivity index (χ0v) is 10.2. The monoisotopic (exact) mass is 257 g/mol. The molecule has 0 amide bonds. The molecule has 0 spiro atoms. The molecule has 1 saturated carbocycles. The zero-order chi connectivity index (χ0) is 13.2. The molecule has 0 aliphatic heterocycles. The lowest BCUT2D eigenvalue weighted by molar-refractivity contribution is 0.0108. The molecule has 5 heteroatoms. The molecule has 3 nitrogen and oxygen atoms in total. The van der Waals surface area contributed by atoms with Crippen molar-refractivity contribution in [2.75, 3.05) is 13.2 Å². The highest BCUT2D eigenvalue weighted by atomic mass is 19.1. The summed E-state index contributed by atoms with van der Waals surface area (Å²) >= 11 is 0. The number of hydrogen-bond donors (Lipinski definition) is 2. The first-order valence-electron chi connectivity index (χ1n) is 6.00. The molecular formula is C13H17F2NO2. The van der Waals surface area contributed by atoms with E-state index in [0.29, 0.717) is 12.6 Å². The van der Waals surface area contributed by atoms with Crippen LogP contribution >= 0.6 is 0 Å². The van der Waals surface area contributed by atoms with Crippen LogP contribution in [0.5, 0.6) is 5.75 Å². The third-order valence-corrected chi connectivity index (χ3v) is 2.78. The van der Waals surface area contributed by atoms with E-state index in [1.807, 2.05) is 0 Å². The summed E-state index contributed by atoms with van der Waals surface area (Å²) in [6.45, 7) is 1.96. The smallest absolute Gasteiger partial charge is 0.167 e. The van der Waals surface area contributed by atoms with Crippen LogP contribution in [0.1, 0.15) is 19.8 Å². The highest BCUT2D eigenvalue weighted by Gasteiger charge is 2.27. The summed E-state index contributed by atoms with van der Waals surface area (Å²) in [6.07, 6.45) is 2.26. The summed E-state index contributed by atoms with van der Waals surface area (Å²) in [4.78, 5) is 0. The molecule has 1 aliphatic carbocycles. The Morgan fingerprint density at radius 2 is 2.17 bits per heavy atom. The van der Waals surface area contributed by atoms with Gasteiger partial charge in [-0.25, -0.2) is 8.78 Å². The van der Waals surface area contributed by atoms with Crippen LogP contribution in [0, 0.1) is 11.6 Å². The van der Waals surface area contributed by atoms with E-state index in [2.05, 4.69) is 5.32 Å². The van der Waals surface area contributed by atoms with Gasteiger partial charge in [-0.1, -0.05) is 0 Å². The van der Waals surface area contributed by atoms with Gasteiger partial charge in [-0.15, -0.1) is 0 Å². The Morgan fingerprint density at radius 3 is 2.78 bits per heavy atom. The lowest BCUT2D eigenvalue weighted by Gasteiger charge is -2.24. The summed E-state index contributed by atoms with van der Waals surface area (Å²) < 4.78 is 31.1. The average Bonchev–Trinajstić information content (AvgIpc) is 3.09. The Bertz CT molecular complexity index is 419. The Kier molecular flexibility index (Phi) is 3.82. The number of nitrogens with one attached hydrogen (secondary N) is 1. The summed E-state index contributed by atoms with van der Waals surface area (Å²) in [5.74, 6) is -1.47. The average molecular weight is 257 g/mol. The lowest BCUT2D eigenvalue weighted by atomic mass is 10.1. The number of rotatable bonds is 6. The quantitative estimate of drug-likeness (QED) is 0.817. The van der Waals surface area contributed by atoms with Crippen molar-refractivity contribution in [2.24, 2.45) is 0 Å². The van der Waals surface area contributed by atoms with Crippen molar-refractivity contribution in [3.8, 4) is 5.75 Å². The molecule has 1 unspecified atom stereocenters. The normalized spacial score (nSPS) is 18.4. The van der Waals surface area contributed by atoms with E-state index < -0.39 is 17.2 Å².